The van der Waals surface area contributed by atoms with Crippen LogP contribution in [0.15, 0.2) is 6.07 Å². The van der Waals surface area contributed by atoms with Gasteiger partial charge in [0, 0.05) is 6.04 Å². The Balaban J connectivity index is 4.42. The van der Waals surface area contributed by atoms with Crippen molar-refractivity contribution in [3.05, 3.63) is 33.9 Å². The molecule has 0 saturated carbocycles. The van der Waals surface area contributed by atoms with Gasteiger partial charge in [0.1, 0.15) is 0 Å². The Bertz CT molecular complexity index is 656. The van der Waals surface area contributed by atoms with Crippen LogP contribution in [0.3, 0.4) is 0 Å². The summed E-state index contributed by atoms with van der Waals surface area (Å²) >= 11 is 0. The van der Waals surface area contributed by atoms with Gasteiger partial charge in [-0.15, -0.1) is 0 Å². The van der Waals surface area contributed by atoms with Crippen LogP contribution >= 0.6 is 0 Å². The number of nitrogens with one attached hydrogen (secondary N) is 1. The molecule has 1 atom stereocenters. The van der Waals surface area contributed by atoms with Gasteiger partial charge in [-0.05, 0) is 24.6 Å². The van der Waals surface area contributed by atoms with Crippen molar-refractivity contribution in [3.63, 3.8) is 0 Å². The van der Waals surface area contributed by atoms with Crippen molar-refractivity contribution in [1.29, 1.82) is 0 Å². The van der Waals surface area contributed by atoms with Gasteiger partial charge in [-0.1, -0.05) is 13.8 Å². The molecule has 0 bridgehead atoms. The Morgan fingerprint density at radius 3 is 1.14 bits per heavy atom. The quantitative estimate of drug-likeness (QED) is 0.523. The molecule has 0 heterocycles. The lowest BCUT2D eigenvalue weighted by Gasteiger charge is -2.32. The second kappa shape index (κ2) is 7.30. The van der Waals surface area contributed by atoms with Crippen molar-refractivity contribution >= 4 is 0 Å². The van der Waals surface area contributed by atoms with Crippen molar-refractivity contribution in [2.45, 2.75) is 44.6 Å². The third kappa shape index (κ3) is 4.84. The Kier molecular flexibility index (Phi) is 6.36. The number of benzene rings is 1. The molecule has 162 valence electrons. The highest BCUT2D eigenvalue weighted by molar-refractivity contribution is 5.53. The first-order chi connectivity index (χ1) is 12.2. The van der Waals surface area contributed by atoms with Crippen LogP contribution < -0.4 is 5.32 Å². The molecule has 0 aliphatic carbocycles. The highest BCUT2D eigenvalue weighted by Crippen LogP contribution is 2.52. The second-order valence-corrected chi connectivity index (χ2v) is 6.14. The molecule has 1 aromatic rings. The zero-order valence-electron chi connectivity index (χ0n) is 14.3. The summed E-state index contributed by atoms with van der Waals surface area (Å²) in [7, 11) is 0.832. The summed E-state index contributed by atoms with van der Waals surface area (Å²) in [5, 5.41) is 1.97. The lowest BCUT2D eigenvalue weighted by Crippen LogP contribution is -2.33. The Hall–Kier alpha value is -1.66. The molecule has 0 aliphatic heterocycles. The number of hydrogen-bond donors (Lipinski definition) is 1. The summed E-state index contributed by atoms with van der Waals surface area (Å²) in [5.74, 6) is -1.21. The van der Waals surface area contributed by atoms with Gasteiger partial charge in [0.15, 0.2) is 0 Å². The van der Waals surface area contributed by atoms with E-state index < -0.39 is 70.5 Å². The molecular formula is C15H13F12N. The highest BCUT2D eigenvalue weighted by Gasteiger charge is 2.54. The normalized spacial score (nSPS) is 15.3. The molecule has 0 radical (unpaired) electrons. The van der Waals surface area contributed by atoms with Crippen molar-refractivity contribution in [1.82, 2.24) is 5.32 Å². The highest BCUT2D eigenvalue weighted by atomic mass is 19.4. The van der Waals surface area contributed by atoms with Crippen LogP contribution in [0.2, 0.25) is 0 Å². The Morgan fingerprint density at radius 2 is 0.964 bits per heavy atom. The number of hydrogen-bond acceptors (Lipinski definition) is 1. The largest absolute Gasteiger partial charge is 0.417 e. The van der Waals surface area contributed by atoms with E-state index in [4.69, 9.17) is 0 Å². The van der Waals surface area contributed by atoms with E-state index in [1.807, 2.05) is 5.32 Å². The molecule has 0 fully saturated rings. The molecule has 0 aliphatic rings. The summed E-state index contributed by atoms with van der Waals surface area (Å²) in [5.41, 5.74) is -13.4. The van der Waals surface area contributed by atoms with Gasteiger partial charge >= 0.3 is 24.7 Å². The zero-order chi connectivity index (χ0) is 22.5. The minimum atomic E-state index is -6.01. The fraction of sp³-hybridized carbons (Fsp3) is 0.600. The molecule has 1 unspecified atom stereocenters. The van der Waals surface area contributed by atoms with Gasteiger partial charge in [0.05, 0.1) is 22.3 Å². The molecule has 1 N–H and O–H groups in total. The van der Waals surface area contributed by atoms with E-state index in [-0.39, 0.29) is 0 Å². The average Bonchev–Trinajstić information content (AvgIpc) is 2.41. The minimum absolute atomic E-state index is 0.832. The lowest BCUT2D eigenvalue weighted by atomic mass is 9.82. The van der Waals surface area contributed by atoms with Crippen LogP contribution in [0.25, 0.3) is 0 Å². The van der Waals surface area contributed by atoms with E-state index in [1.54, 1.807) is 0 Å². The van der Waals surface area contributed by atoms with Crippen LogP contribution in [-0.4, -0.2) is 7.05 Å². The van der Waals surface area contributed by atoms with Gasteiger partial charge in [-0.25, -0.2) is 0 Å². The van der Waals surface area contributed by atoms with Crippen LogP contribution in [0.5, 0.6) is 0 Å². The molecule has 1 rings (SSSR count). The van der Waals surface area contributed by atoms with Crippen LogP contribution in [-0.2, 0) is 24.7 Å². The molecule has 0 aromatic heterocycles. The van der Waals surface area contributed by atoms with Crippen LogP contribution in [0.1, 0.15) is 47.7 Å². The molecule has 0 saturated heterocycles. The lowest BCUT2D eigenvalue weighted by molar-refractivity contribution is -0.172. The predicted molar refractivity (Wildman–Crippen MR) is 73.1 cm³/mol. The van der Waals surface area contributed by atoms with Gasteiger partial charge in [-0.3, -0.25) is 0 Å². The molecular weight excluding hydrogens is 422 g/mol. The maximum absolute atomic E-state index is 13.4. The third-order valence-corrected chi connectivity index (χ3v) is 3.83. The smallest absolute Gasteiger partial charge is 0.313 e. The number of alkyl halides is 12. The van der Waals surface area contributed by atoms with E-state index in [9.17, 15) is 52.7 Å². The Labute approximate surface area is 150 Å². The molecule has 0 spiro atoms. The maximum atomic E-state index is 13.4. The monoisotopic (exact) mass is 435 g/mol. The van der Waals surface area contributed by atoms with Crippen molar-refractivity contribution in [2.24, 2.45) is 5.92 Å². The third-order valence-electron chi connectivity index (χ3n) is 3.83. The molecule has 1 aromatic carbocycles. The van der Waals surface area contributed by atoms with Gasteiger partial charge in [-0.2, -0.15) is 52.7 Å². The molecule has 13 heteroatoms. The molecule has 1 nitrogen and oxygen atoms in total. The van der Waals surface area contributed by atoms with E-state index in [0.717, 1.165) is 20.9 Å². The first-order valence-corrected chi connectivity index (χ1v) is 7.41. The maximum Gasteiger partial charge on any atom is 0.417 e. The molecule has 0 amide bonds. The van der Waals surface area contributed by atoms with Crippen molar-refractivity contribution in [2.75, 3.05) is 7.05 Å². The minimum Gasteiger partial charge on any atom is -0.313 e. The van der Waals surface area contributed by atoms with E-state index in [1.165, 1.54) is 0 Å². The SMILES string of the molecule is CNC(c1c(C(F)(F)F)c(C(F)(F)F)cc(C(F)(F)F)c1C(F)(F)F)C(C)C. The van der Waals surface area contributed by atoms with Gasteiger partial charge in [0.25, 0.3) is 0 Å². The summed E-state index contributed by atoms with van der Waals surface area (Å²) in [4.78, 5) is 0. The predicted octanol–water partition coefficient (Wildman–Crippen LogP) is 6.68. The second-order valence-electron chi connectivity index (χ2n) is 6.14. The van der Waals surface area contributed by atoms with E-state index >= 15 is 0 Å². The first-order valence-electron chi connectivity index (χ1n) is 7.41. The Morgan fingerprint density at radius 1 is 0.643 bits per heavy atom. The van der Waals surface area contributed by atoms with E-state index in [0.29, 0.717) is 0 Å². The van der Waals surface area contributed by atoms with Gasteiger partial charge in [0.2, 0.25) is 0 Å². The van der Waals surface area contributed by atoms with Crippen molar-refractivity contribution < 1.29 is 52.7 Å². The van der Waals surface area contributed by atoms with Crippen LogP contribution in [0, 0.1) is 5.92 Å². The topological polar surface area (TPSA) is 12.0 Å². The van der Waals surface area contributed by atoms with Crippen LogP contribution in [0.4, 0.5) is 52.7 Å². The number of halogens is 12. The van der Waals surface area contributed by atoms with E-state index in [2.05, 4.69) is 0 Å². The fourth-order valence-corrected chi connectivity index (χ4v) is 2.88. The first kappa shape index (κ1) is 24.4. The standard InChI is InChI=1S/C15H13F12N/c1-5(2)11(28-3)8-9(14(22,23)24)6(12(16,17)18)4-7(13(19,20)21)10(8)15(25,26)27/h4-5,11,28H,1-3H3. The summed E-state index contributed by atoms with van der Waals surface area (Å²) < 4.78 is 159. The summed E-state index contributed by atoms with van der Waals surface area (Å²) in [6.07, 6.45) is -24.0. The van der Waals surface area contributed by atoms with Gasteiger partial charge < -0.3 is 5.32 Å². The summed E-state index contributed by atoms with van der Waals surface area (Å²) in [6.45, 7) is 2.10. The van der Waals surface area contributed by atoms with Crippen molar-refractivity contribution in [3.8, 4) is 0 Å². The fourth-order valence-electron chi connectivity index (χ4n) is 2.88. The summed E-state index contributed by atoms with van der Waals surface area (Å²) in [6, 6.07) is -3.24. The zero-order valence-corrected chi connectivity index (χ0v) is 14.3. The average molecular weight is 435 g/mol. The molecule has 28 heavy (non-hydrogen) atoms. The number of rotatable bonds is 3.